The predicted molar refractivity (Wildman–Crippen MR) is 61.7 cm³/mol. The Kier molecular flexibility index (Phi) is 5.67. The fourth-order valence-corrected chi connectivity index (χ4v) is 2.49. The van der Waals surface area contributed by atoms with Crippen molar-refractivity contribution in [3.8, 4) is 0 Å². The van der Waals surface area contributed by atoms with Gasteiger partial charge in [0.25, 0.3) is 0 Å². The molecule has 0 saturated heterocycles. The van der Waals surface area contributed by atoms with Crippen molar-refractivity contribution in [1.29, 1.82) is 0 Å². The third-order valence-corrected chi connectivity index (χ3v) is 3.26. The molecular weight excluding hydrogens is 156 g/mol. The highest BCUT2D eigenvalue weighted by Gasteiger charge is 2.31. The van der Waals surface area contributed by atoms with Gasteiger partial charge in [0.15, 0.2) is 0 Å². The van der Waals surface area contributed by atoms with Crippen LogP contribution in [0.25, 0.3) is 0 Å². The van der Waals surface area contributed by atoms with Gasteiger partial charge < -0.3 is 0 Å². The monoisotopic (exact) mass is 183 g/mol. The van der Waals surface area contributed by atoms with Gasteiger partial charge in [-0.2, -0.15) is 0 Å². The summed E-state index contributed by atoms with van der Waals surface area (Å²) >= 11 is 0. The van der Waals surface area contributed by atoms with Crippen LogP contribution in [-0.4, -0.2) is 0 Å². The summed E-state index contributed by atoms with van der Waals surface area (Å²) in [7, 11) is 0. The first-order valence-electron chi connectivity index (χ1n) is 5.79. The Bertz CT molecular complexity index is 124. The second-order valence-electron chi connectivity index (χ2n) is 4.98. The van der Waals surface area contributed by atoms with E-state index in [1.54, 1.807) is 5.92 Å². The van der Waals surface area contributed by atoms with Crippen LogP contribution in [0.15, 0.2) is 0 Å². The van der Waals surface area contributed by atoms with Crippen LogP contribution in [-0.2, 0) is 0 Å². The minimum Gasteiger partial charge on any atom is -0.0654 e. The van der Waals surface area contributed by atoms with Crippen LogP contribution in [0.4, 0.5) is 0 Å². The molecule has 0 aromatic carbocycles. The highest BCUT2D eigenvalue weighted by Crippen LogP contribution is 2.43. The van der Waals surface area contributed by atoms with Gasteiger partial charge in [0.05, 0.1) is 0 Å². The van der Waals surface area contributed by atoms with E-state index < -0.39 is 0 Å². The van der Waals surface area contributed by atoms with Gasteiger partial charge in [-0.1, -0.05) is 48.0 Å². The molecule has 0 saturated carbocycles. The van der Waals surface area contributed by atoms with Gasteiger partial charge in [0.1, 0.15) is 0 Å². The van der Waals surface area contributed by atoms with Crippen LogP contribution in [0.1, 0.15) is 67.2 Å². The SMILES string of the molecule is CCCC(CC)(CC(C)C)[C](C)C. The van der Waals surface area contributed by atoms with Crippen LogP contribution >= 0.6 is 0 Å². The Hall–Kier alpha value is 0. The second kappa shape index (κ2) is 5.67. The molecule has 0 rings (SSSR count). The maximum atomic E-state index is 2.34. The molecule has 0 spiro atoms. The summed E-state index contributed by atoms with van der Waals surface area (Å²) in [6.45, 7) is 13.9. The third kappa shape index (κ3) is 3.70. The molecular formula is C13H27. The van der Waals surface area contributed by atoms with E-state index in [0.717, 1.165) is 5.92 Å². The lowest BCUT2D eigenvalue weighted by Gasteiger charge is -2.38. The largest absolute Gasteiger partial charge is 0.0654 e. The van der Waals surface area contributed by atoms with E-state index in [-0.39, 0.29) is 0 Å². The molecule has 1 unspecified atom stereocenters. The van der Waals surface area contributed by atoms with Crippen LogP contribution < -0.4 is 0 Å². The molecule has 0 amide bonds. The average molecular weight is 183 g/mol. The van der Waals surface area contributed by atoms with Gasteiger partial charge in [0, 0.05) is 0 Å². The van der Waals surface area contributed by atoms with Crippen LogP contribution in [0.2, 0.25) is 0 Å². The summed E-state index contributed by atoms with van der Waals surface area (Å²) in [5.74, 6) is 2.45. The minimum atomic E-state index is 0.531. The van der Waals surface area contributed by atoms with E-state index in [4.69, 9.17) is 0 Å². The van der Waals surface area contributed by atoms with Crippen molar-refractivity contribution in [2.75, 3.05) is 0 Å². The number of hydrogen-bond acceptors (Lipinski definition) is 0. The van der Waals surface area contributed by atoms with Crippen LogP contribution in [0, 0.1) is 17.3 Å². The molecule has 0 bridgehead atoms. The average Bonchev–Trinajstić information content (AvgIpc) is 2.02. The predicted octanol–water partition coefficient (Wildman–Crippen LogP) is 4.84. The maximum Gasteiger partial charge on any atom is -0.0241 e. The lowest BCUT2D eigenvalue weighted by Crippen LogP contribution is -2.27. The molecule has 0 aliphatic heterocycles. The molecule has 0 heteroatoms. The molecule has 1 atom stereocenters. The summed E-state index contributed by atoms with van der Waals surface area (Å²) in [4.78, 5) is 0. The second-order valence-corrected chi connectivity index (χ2v) is 4.98. The topological polar surface area (TPSA) is 0 Å². The summed E-state index contributed by atoms with van der Waals surface area (Å²) in [6.07, 6.45) is 5.34. The first kappa shape index (κ1) is 13.0. The number of hydrogen-bond donors (Lipinski definition) is 0. The van der Waals surface area contributed by atoms with Crippen molar-refractivity contribution in [2.45, 2.75) is 67.2 Å². The zero-order valence-electron chi connectivity index (χ0n) is 10.4. The van der Waals surface area contributed by atoms with E-state index in [2.05, 4.69) is 41.5 Å². The van der Waals surface area contributed by atoms with Gasteiger partial charge in [-0.25, -0.2) is 0 Å². The van der Waals surface area contributed by atoms with Crippen molar-refractivity contribution in [3.63, 3.8) is 0 Å². The Morgan fingerprint density at radius 2 is 1.69 bits per heavy atom. The van der Waals surface area contributed by atoms with Crippen LogP contribution in [0.3, 0.4) is 0 Å². The smallest absolute Gasteiger partial charge is 0.0241 e. The summed E-state index contributed by atoms with van der Waals surface area (Å²) < 4.78 is 0. The summed E-state index contributed by atoms with van der Waals surface area (Å²) in [5.41, 5.74) is 0.531. The van der Waals surface area contributed by atoms with Gasteiger partial charge in [-0.05, 0) is 36.5 Å². The highest BCUT2D eigenvalue weighted by molar-refractivity contribution is 5.00. The molecule has 0 aliphatic carbocycles. The molecule has 1 radical (unpaired) electrons. The van der Waals surface area contributed by atoms with E-state index >= 15 is 0 Å². The van der Waals surface area contributed by atoms with E-state index in [0.29, 0.717) is 5.41 Å². The molecule has 0 aliphatic rings. The minimum absolute atomic E-state index is 0.531. The van der Waals surface area contributed by atoms with Gasteiger partial charge in [-0.3, -0.25) is 0 Å². The normalized spacial score (nSPS) is 16.6. The Morgan fingerprint density at radius 1 is 1.15 bits per heavy atom. The molecule has 79 valence electrons. The quantitative estimate of drug-likeness (QED) is 0.552. The van der Waals surface area contributed by atoms with E-state index in [9.17, 15) is 0 Å². The Balaban J connectivity index is 4.44. The zero-order valence-corrected chi connectivity index (χ0v) is 10.4. The van der Waals surface area contributed by atoms with Crippen molar-refractivity contribution >= 4 is 0 Å². The van der Waals surface area contributed by atoms with Gasteiger partial charge in [0.2, 0.25) is 0 Å². The molecule has 0 aromatic rings. The van der Waals surface area contributed by atoms with Crippen molar-refractivity contribution in [3.05, 3.63) is 5.92 Å². The standard InChI is InChI=1S/C13H27/c1-7-9-13(8-2,12(5)6)10-11(3)4/h11H,7-10H2,1-6H3. The van der Waals surface area contributed by atoms with Crippen molar-refractivity contribution < 1.29 is 0 Å². The Labute approximate surface area is 85.1 Å². The van der Waals surface area contributed by atoms with Crippen LogP contribution in [0.5, 0.6) is 0 Å². The Morgan fingerprint density at radius 3 is 1.92 bits per heavy atom. The maximum absolute atomic E-state index is 2.34. The molecule has 0 nitrogen and oxygen atoms in total. The molecule has 13 heavy (non-hydrogen) atoms. The van der Waals surface area contributed by atoms with Gasteiger partial charge in [-0.15, -0.1) is 0 Å². The first-order valence-corrected chi connectivity index (χ1v) is 5.79. The van der Waals surface area contributed by atoms with Crippen molar-refractivity contribution in [2.24, 2.45) is 11.3 Å². The third-order valence-electron chi connectivity index (χ3n) is 3.26. The first-order chi connectivity index (χ1) is 5.98. The lowest BCUT2D eigenvalue weighted by molar-refractivity contribution is 0.214. The van der Waals surface area contributed by atoms with E-state index in [1.807, 2.05) is 0 Å². The lowest BCUT2D eigenvalue weighted by atomic mass is 9.67. The van der Waals surface area contributed by atoms with Gasteiger partial charge >= 0.3 is 0 Å². The van der Waals surface area contributed by atoms with E-state index in [1.165, 1.54) is 25.7 Å². The molecule has 0 N–H and O–H groups in total. The fraction of sp³-hybridized carbons (Fsp3) is 0.923. The molecule has 0 aromatic heterocycles. The molecule has 0 fully saturated rings. The fourth-order valence-electron chi connectivity index (χ4n) is 2.49. The highest BCUT2D eigenvalue weighted by atomic mass is 14.4. The molecule has 0 heterocycles. The summed E-state index contributed by atoms with van der Waals surface area (Å²) in [6, 6.07) is 0. The number of rotatable bonds is 6. The van der Waals surface area contributed by atoms with Crippen molar-refractivity contribution in [1.82, 2.24) is 0 Å². The zero-order chi connectivity index (χ0) is 10.5. The summed E-state index contributed by atoms with van der Waals surface area (Å²) in [5, 5.41) is 0.